The van der Waals surface area contributed by atoms with Crippen LogP contribution in [0.4, 0.5) is 0 Å². The van der Waals surface area contributed by atoms with Gasteiger partial charge in [0.05, 0.1) is 12.2 Å². The van der Waals surface area contributed by atoms with Gasteiger partial charge in [0.2, 0.25) is 5.91 Å². The van der Waals surface area contributed by atoms with Crippen molar-refractivity contribution in [2.24, 2.45) is 7.05 Å². The number of amides is 1. The van der Waals surface area contributed by atoms with E-state index in [1.54, 1.807) is 7.05 Å². The molecule has 0 fully saturated rings. The first-order valence-corrected chi connectivity index (χ1v) is 8.31. The zero-order valence-electron chi connectivity index (χ0n) is 14.3. The van der Waals surface area contributed by atoms with Crippen molar-refractivity contribution in [1.82, 2.24) is 24.6 Å². The van der Waals surface area contributed by atoms with Crippen molar-refractivity contribution in [3.63, 3.8) is 0 Å². The summed E-state index contributed by atoms with van der Waals surface area (Å²) in [6, 6.07) is 9.78. The van der Waals surface area contributed by atoms with E-state index in [1.807, 2.05) is 30.3 Å². The number of aryl methyl sites for hydroxylation is 1. The topological polar surface area (TPSA) is 81.8 Å². The molecule has 0 saturated heterocycles. The summed E-state index contributed by atoms with van der Waals surface area (Å²) < 4.78 is 2.85. The van der Waals surface area contributed by atoms with Crippen LogP contribution in [0.5, 0.6) is 0 Å². The van der Waals surface area contributed by atoms with E-state index < -0.39 is 0 Å². The number of nitrogens with one attached hydrogen (secondary N) is 1. The van der Waals surface area contributed by atoms with Crippen LogP contribution in [-0.4, -0.2) is 25.2 Å². The van der Waals surface area contributed by atoms with Gasteiger partial charge in [-0.15, -0.1) is 0 Å². The molecular formula is C18H21N5O2. The standard InChI is InChI=1S/C18H21N5O2/c1-3-7-15(13-8-5-4-6-9-13)21-16(24)11-23-12-19-17-14(18(23)25)10-20-22(17)2/h4-6,8-10,12,15H,3,7,11H2,1-2H3,(H,21,24)/t15-/m1/s1. The second kappa shape index (κ2) is 7.29. The maximum atomic E-state index is 12.4. The monoisotopic (exact) mass is 339 g/mol. The third-order valence-electron chi connectivity index (χ3n) is 4.15. The molecule has 0 radical (unpaired) electrons. The Morgan fingerprint density at radius 3 is 2.76 bits per heavy atom. The smallest absolute Gasteiger partial charge is 0.264 e. The van der Waals surface area contributed by atoms with E-state index in [-0.39, 0.29) is 24.1 Å². The van der Waals surface area contributed by atoms with Crippen molar-refractivity contribution in [3.05, 3.63) is 58.8 Å². The Kier molecular flexibility index (Phi) is 4.92. The van der Waals surface area contributed by atoms with E-state index in [2.05, 4.69) is 22.3 Å². The van der Waals surface area contributed by atoms with Crippen molar-refractivity contribution >= 4 is 16.9 Å². The van der Waals surface area contributed by atoms with Gasteiger partial charge in [0, 0.05) is 7.05 Å². The number of hydrogen-bond donors (Lipinski definition) is 1. The molecule has 1 N–H and O–H groups in total. The van der Waals surface area contributed by atoms with Crippen molar-refractivity contribution < 1.29 is 4.79 Å². The quantitative estimate of drug-likeness (QED) is 0.742. The molecule has 2 heterocycles. The van der Waals surface area contributed by atoms with Crippen LogP contribution in [0, 0.1) is 0 Å². The van der Waals surface area contributed by atoms with Crippen LogP contribution in [0.3, 0.4) is 0 Å². The first-order chi connectivity index (χ1) is 12.1. The number of nitrogens with zero attached hydrogens (tertiary/aromatic N) is 4. The molecule has 3 rings (SSSR count). The van der Waals surface area contributed by atoms with Gasteiger partial charge >= 0.3 is 0 Å². The molecule has 0 aliphatic heterocycles. The molecule has 0 aliphatic rings. The second-order valence-corrected chi connectivity index (χ2v) is 6.00. The van der Waals surface area contributed by atoms with E-state index in [9.17, 15) is 9.59 Å². The van der Waals surface area contributed by atoms with Crippen LogP contribution in [-0.2, 0) is 18.4 Å². The van der Waals surface area contributed by atoms with E-state index in [4.69, 9.17) is 0 Å². The minimum absolute atomic E-state index is 0.0653. The average molecular weight is 339 g/mol. The molecule has 0 saturated carbocycles. The maximum absolute atomic E-state index is 12.4. The van der Waals surface area contributed by atoms with Gasteiger partial charge in [-0.3, -0.25) is 18.8 Å². The summed E-state index contributed by atoms with van der Waals surface area (Å²) in [5.41, 5.74) is 1.31. The first kappa shape index (κ1) is 16.9. The molecule has 25 heavy (non-hydrogen) atoms. The molecule has 0 bridgehead atoms. The van der Waals surface area contributed by atoms with E-state index in [0.29, 0.717) is 11.0 Å². The second-order valence-electron chi connectivity index (χ2n) is 6.00. The lowest BCUT2D eigenvalue weighted by Gasteiger charge is -2.19. The zero-order valence-corrected chi connectivity index (χ0v) is 14.3. The lowest BCUT2D eigenvalue weighted by Crippen LogP contribution is -2.34. The first-order valence-electron chi connectivity index (χ1n) is 8.31. The van der Waals surface area contributed by atoms with E-state index >= 15 is 0 Å². The molecule has 3 aromatic rings. The third-order valence-corrected chi connectivity index (χ3v) is 4.15. The minimum Gasteiger partial charge on any atom is -0.348 e. The normalized spacial score (nSPS) is 12.2. The van der Waals surface area contributed by atoms with Gasteiger partial charge < -0.3 is 5.32 Å². The van der Waals surface area contributed by atoms with Crippen LogP contribution < -0.4 is 10.9 Å². The van der Waals surface area contributed by atoms with Gasteiger partial charge in [-0.1, -0.05) is 43.7 Å². The van der Waals surface area contributed by atoms with Gasteiger partial charge in [0.15, 0.2) is 5.65 Å². The van der Waals surface area contributed by atoms with Gasteiger partial charge in [-0.05, 0) is 12.0 Å². The Morgan fingerprint density at radius 2 is 2.04 bits per heavy atom. The highest BCUT2D eigenvalue weighted by molar-refractivity contribution is 5.77. The van der Waals surface area contributed by atoms with Gasteiger partial charge in [0.1, 0.15) is 18.3 Å². The number of benzene rings is 1. The van der Waals surface area contributed by atoms with Crippen LogP contribution in [0.2, 0.25) is 0 Å². The van der Waals surface area contributed by atoms with Crippen molar-refractivity contribution in [1.29, 1.82) is 0 Å². The van der Waals surface area contributed by atoms with Crippen molar-refractivity contribution in [3.8, 4) is 0 Å². The summed E-state index contributed by atoms with van der Waals surface area (Å²) in [6.45, 7) is 2.01. The fourth-order valence-electron chi connectivity index (χ4n) is 2.87. The lowest BCUT2D eigenvalue weighted by molar-refractivity contribution is -0.122. The Hall–Kier alpha value is -2.96. The summed E-state index contributed by atoms with van der Waals surface area (Å²) >= 11 is 0. The van der Waals surface area contributed by atoms with Crippen molar-refractivity contribution in [2.75, 3.05) is 0 Å². The Bertz CT molecular complexity index is 930. The molecule has 7 heteroatoms. The fourth-order valence-corrected chi connectivity index (χ4v) is 2.87. The molecular weight excluding hydrogens is 318 g/mol. The largest absolute Gasteiger partial charge is 0.348 e. The molecule has 130 valence electrons. The summed E-state index contributed by atoms with van der Waals surface area (Å²) in [7, 11) is 1.72. The third kappa shape index (κ3) is 3.60. The van der Waals surface area contributed by atoms with Crippen molar-refractivity contribution in [2.45, 2.75) is 32.4 Å². The molecule has 7 nitrogen and oxygen atoms in total. The van der Waals surface area contributed by atoms with Gasteiger partial charge in [-0.2, -0.15) is 5.10 Å². The Morgan fingerprint density at radius 1 is 1.28 bits per heavy atom. The van der Waals surface area contributed by atoms with E-state index in [0.717, 1.165) is 18.4 Å². The molecule has 2 aromatic heterocycles. The maximum Gasteiger partial charge on any atom is 0.264 e. The predicted molar refractivity (Wildman–Crippen MR) is 95.0 cm³/mol. The number of fused-ring (bicyclic) bond motifs is 1. The van der Waals surface area contributed by atoms with E-state index in [1.165, 1.54) is 21.8 Å². The predicted octanol–water partition coefficient (Wildman–Crippen LogP) is 1.79. The summed E-state index contributed by atoms with van der Waals surface area (Å²) in [4.78, 5) is 29.1. The van der Waals surface area contributed by atoms with Crippen LogP contribution >= 0.6 is 0 Å². The SMILES string of the molecule is CCC[C@@H](NC(=O)Cn1cnc2c(cnn2C)c1=O)c1ccccc1. The molecule has 0 unspecified atom stereocenters. The Labute approximate surface area is 145 Å². The summed E-state index contributed by atoms with van der Waals surface area (Å²) in [5.74, 6) is -0.213. The summed E-state index contributed by atoms with van der Waals surface area (Å²) in [5, 5.41) is 7.45. The lowest BCUT2D eigenvalue weighted by atomic mass is 10.0. The summed E-state index contributed by atoms with van der Waals surface area (Å²) in [6.07, 6.45) is 4.65. The number of aromatic nitrogens is 4. The number of carbonyl (C=O) groups excluding carboxylic acids is 1. The number of carbonyl (C=O) groups is 1. The zero-order chi connectivity index (χ0) is 17.8. The highest BCUT2D eigenvalue weighted by Gasteiger charge is 2.15. The van der Waals surface area contributed by atoms with Gasteiger partial charge in [-0.25, -0.2) is 4.98 Å². The molecule has 1 aromatic carbocycles. The van der Waals surface area contributed by atoms with Gasteiger partial charge in [0.25, 0.3) is 5.56 Å². The molecule has 1 atom stereocenters. The number of hydrogen-bond acceptors (Lipinski definition) is 4. The fraction of sp³-hybridized carbons (Fsp3) is 0.333. The highest BCUT2D eigenvalue weighted by Crippen LogP contribution is 2.18. The molecule has 1 amide bonds. The minimum atomic E-state index is -0.264. The van der Waals surface area contributed by atoms with Crippen LogP contribution in [0.15, 0.2) is 47.7 Å². The highest BCUT2D eigenvalue weighted by atomic mass is 16.2. The molecule has 0 aliphatic carbocycles. The Balaban J connectivity index is 1.77. The molecule has 0 spiro atoms. The van der Waals surface area contributed by atoms with Crippen LogP contribution in [0.25, 0.3) is 11.0 Å². The average Bonchev–Trinajstić information content (AvgIpc) is 2.99. The van der Waals surface area contributed by atoms with Crippen LogP contribution in [0.1, 0.15) is 31.4 Å². The number of rotatable bonds is 6.